The van der Waals surface area contributed by atoms with E-state index in [9.17, 15) is 4.79 Å². The van der Waals surface area contributed by atoms with Gasteiger partial charge in [0.05, 0.1) is 0 Å². The number of allylic oxidation sites excluding steroid dienone is 2. The molecule has 0 fully saturated rings. The third kappa shape index (κ3) is 1.73. The van der Waals surface area contributed by atoms with Crippen LogP contribution in [-0.2, 0) is 4.79 Å². The van der Waals surface area contributed by atoms with E-state index in [2.05, 4.69) is 16.4 Å². The Labute approximate surface area is 99.9 Å². The molecule has 0 spiro atoms. The van der Waals surface area contributed by atoms with Gasteiger partial charge in [-0.15, -0.1) is 0 Å². The third-order valence-electron chi connectivity index (χ3n) is 3.14. The summed E-state index contributed by atoms with van der Waals surface area (Å²) in [6.45, 7) is 2.00. The molecule has 86 valence electrons. The van der Waals surface area contributed by atoms with Gasteiger partial charge in [-0.25, -0.2) is 0 Å². The first-order valence-corrected chi connectivity index (χ1v) is 5.83. The van der Waals surface area contributed by atoms with Crippen molar-refractivity contribution in [2.75, 3.05) is 0 Å². The average Bonchev–Trinajstić information content (AvgIpc) is 2.85. The SMILES string of the molecule is Cc1ccc(/C=C2\C(=O)NC3=C2CCC=C3)[nH]1. The molecule has 2 aliphatic rings. The number of nitrogens with one attached hydrogen (secondary N) is 2. The Bertz CT molecular complexity index is 573. The molecule has 0 unspecified atom stereocenters. The van der Waals surface area contributed by atoms with Crippen LogP contribution in [0.2, 0.25) is 0 Å². The summed E-state index contributed by atoms with van der Waals surface area (Å²) in [6, 6.07) is 4.00. The van der Waals surface area contributed by atoms with Crippen molar-refractivity contribution in [1.29, 1.82) is 0 Å². The molecule has 0 radical (unpaired) electrons. The van der Waals surface area contributed by atoms with E-state index in [-0.39, 0.29) is 5.91 Å². The zero-order chi connectivity index (χ0) is 11.8. The van der Waals surface area contributed by atoms with E-state index in [0.717, 1.165) is 41.1 Å². The fourth-order valence-electron chi connectivity index (χ4n) is 2.31. The summed E-state index contributed by atoms with van der Waals surface area (Å²) in [6.07, 6.45) is 7.98. The van der Waals surface area contributed by atoms with Crippen LogP contribution in [0.5, 0.6) is 0 Å². The maximum absolute atomic E-state index is 11.9. The van der Waals surface area contributed by atoms with E-state index in [0.29, 0.717) is 0 Å². The van der Waals surface area contributed by atoms with Gasteiger partial charge < -0.3 is 10.3 Å². The smallest absolute Gasteiger partial charge is 0.256 e. The number of amides is 1. The molecule has 0 atom stereocenters. The Morgan fingerprint density at radius 3 is 3.00 bits per heavy atom. The quantitative estimate of drug-likeness (QED) is 0.710. The molecule has 2 N–H and O–H groups in total. The van der Waals surface area contributed by atoms with Crippen molar-refractivity contribution in [2.45, 2.75) is 19.8 Å². The van der Waals surface area contributed by atoms with Crippen molar-refractivity contribution in [3.8, 4) is 0 Å². The molecule has 3 heteroatoms. The molecule has 0 aromatic carbocycles. The Morgan fingerprint density at radius 1 is 1.35 bits per heavy atom. The van der Waals surface area contributed by atoms with Gasteiger partial charge in [0, 0.05) is 22.7 Å². The number of carbonyl (C=O) groups is 1. The Balaban J connectivity index is 2.02. The maximum Gasteiger partial charge on any atom is 0.256 e. The summed E-state index contributed by atoms with van der Waals surface area (Å²) < 4.78 is 0. The van der Waals surface area contributed by atoms with E-state index < -0.39 is 0 Å². The second-order valence-electron chi connectivity index (χ2n) is 4.44. The van der Waals surface area contributed by atoms with Gasteiger partial charge in [-0.05, 0) is 49.6 Å². The minimum Gasteiger partial charge on any atom is -0.359 e. The van der Waals surface area contributed by atoms with Crippen LogP contribution < -0.4 is 5.32 Å². The number of H-pyrrole nitrogens is 1. The van der Waals surface area contributed by atoms with Gasteiger partial charge in [-0.3, -0.25) is 4.79 Å². The molecule has 17 heavy (non-hydrogen) atoms. The molecule has 1 amide bonds. The Kier molecular flexibility index (Phi) is 2.25. The molecule has 3 rings (SSSR count). The molecule has 1 aromatic rings. The normalized spacial score (nSPS) is 21.0. The highest BCUT2D eigenvalue weighted by molar-refractivity contribution is 6.06. The van der Waals surface area contributed by atoms with Gasteiger partial charge in [-0.2, -0.15) is 0 Å². The lowest BCUT2D eigenvalue weighted by Gasteiger charge is -2.06. The summed E-state index contributed by atoms with van der Waals surface area (Å²) in [5, 5.41) is 2.90. The van der Waals surface area contributed by atoms with Crippen molar-refractivity contribution in [3.63, 3.8) is 0 Å². The minimum absolute atomic E-state index is 0.00815. The van der Waals surface area contributed by atoms with E-state index in [1.165, 1.54) is 0 Å². The molecular weight excluding hydrogens is 212 g/mol. The second-order valence-corrected chi connectivity index (χ2v) is 4.44. The second kappa shape index (κ2) is 3.77. The summed E-state index contributed by atoms with van der Waals surface area (Å²) in [5.74, 6) is 0.00815. The zero-order valence-corrected chi connectivity index (χ0v) is 9.71. The molecule has 1 aliphatic carbocycles. The molecule has 0 saturated carbocycles. The van der Waals surface area contributed by atoms with Gasteiger partial charge >= 0.3 is 0 Å². The highest BCUT2D eigenvalue weighted by Crippen LogP contribution is 2.30. The van der Waals surface area contributed by atoms with Crippen molar-refractivity contribution < 1.29 is 4.79 Å². The van der Waals surface area contributed by atoms with E-state index >= 15 is 0 Å². The van der Waals surface area contributed by atoms with Gasteiger partial charge in [0.2, 0.25) is 0 Å². The minimum atomic E-state index is 0.00815. The van der Waals surface area contributed by atoms with Crippen LogP contribution in [-0.4, -0.2) is 10.9 Å². The fraction of sp³-hybridized carbons (Fsp3) is 0.214. The third-order valence-corrected chi connectivity index (χ3v) is 3.14. The number of rotatable bonds is 1. The molecule has 1 aromatic heterocycles. The maximum atomic E-state index is 11.9. The molecule has 3 nitrogen and oxygen atoms in total. The topological polar surface area (TPSA) is 44.9 Å². The van der Waals surface area contributed by atoms with Crippen LogP contribution in [0, 0.1) is 6.92 Å². The van der Waals surface area contributed by atoms with Crippen molar-refractivity contribution >= 4 is 12.0 Å². The van der Waals surface area contributed by atoms with E-state index in [1.54, 1.807) is 0 Å². The molecule has 1 aliphatic heterocycles. The van der Waals surface area contributed by atoms with Crippen molar-refractivity contribution in [2.24, 2.45) is 0 Å². The Hall–Kier alpha value is -2.03. The number of aromatic amines is 1. The number of hydrogen-bond acceptors (Lipinski definition) is 1. The number of aromatic nitrogens is 1. The van der Waals surface area contributed by atoms with Gasteiger partial charge in [0.25, 0.3) is 5.91 Å². The predicted molar refractivity (Wildman–Crippen MR) is 67.0 cm³/mol. The first kappa shape index (κ1) is 10.1. The van der Waals surface area contributed by atoms with Crippen LogP contribution in [0.15, 0.2) is 41.1 Å². The van der Waals surface area contributed by atoms with E-state index in [4.69, 9.17) is 0 Å². The molecule has 0 bridgehead atoms. The number of aryl methyl sites for hydroxylation is 1. The summed E-state index contributed by atoms with van der Waals surface area (Å²) in [5.41, 5.74) is 5.00. The van der Waals surface area contributed by atoms with Crippen LogP contribution in [0.4, 0.5) is 0 Å². The van der Waals surface area contributed by atoms with Crippen molar-refractivity contribution in [3.05, 3.63) is 52.5 Å². The molecule has 2 heterocycles. The first-order valence-electron chi connectivity index (χ1n) is 5.83. The Morgan fingerprint density at radius 2 is 2.24 bits per heavy atom. The predicted octanol–water partition coefficient (Wildman–Crippen LogP) is 2.44. The zero-order valence-electron chi connectivity index (χ0n) is 9.71. The average molecular weight is 226 g/mol. The van der Waals surface area contributed by atoms with Gasteiger partial charge in [0.1, 0.15) is 0 Å². The van der Waals surface area contributed by atoms with Crippen LogP contribution in [0.25, 0.3) is 6.08 Å². The van der Waals surface area contributed by atoms with E-state index in [1.807, 2.05) is 31.2 Å². The standard InChI is InChI=1S/C14H14N2O/c1-9-6-7-10(15-9)8-12-11-4-2-3-5-13(11)16-14(12)17/h3,5-8,15H,2,4H2,1H3,(H,16,17)/b12-8-. The summed E-state index contributed by atoms with van der Waals surface area (Å²) in [7, 11) is 0. The summed E-state index contributed by atoms with van der Waals surface area (Å²) in [4.78, 5) is 15.1. The highest BCUT2D eigenvalue weighted by atomic mass is 16.1. The van der Waals surface area contributed by atoms with Crippen molar-refractivity contribution in [1.82, 2.24) is 10.3 Å². The lowest BCUT2D eigenvalue weighted by atomic mass is 9.97. The number of hydrogen-bond donors (Lipinski definition) is 2. The van der Waals surface area contributed by atoms with Crippen LogP contribution >= 0.6 is 0 Å². The lowest BCUT2D eigenvalue weighted by Crippen LogP contribution is -2.15. The largest absolute Gasteiger partial charge is 0.359 e. The molecule has 0 saturated heterocycles. The monoisotopic (exact) mass is 226 g/mol. The van der Waals surface area contributed by atoms with Gasteiger partial charge in [0.15, 0.2) is 0 Å². The highest BCUT2D eigenvalue weighted by Gasteiger charge is 2.26. The van der Waals surface area contributed by atoms with Gasteiger partial charge in [-0.1, -0.05) is 6.08 Å². The summed E-state index contributed by atoms with van der Waals surface area (Å²) >= 11 is 0. The fourth-order valence-corrected chi connectivity index (χ4v) is 2.31. The first-order chi connectivity index (χ1) is 8.24. The van der Waals surface area contributed by atoms with Crippen LogP contribution in [0.3, 0.4) is 0 Å². The van der Waals surface area contributed by atoms with Crippen LogP contribution in [0.1, 0.15) is 24.2 Å². The number of carbonyl (C=O) groups excluding carboxylic acids is 1. The lowest BCUT2D eigenvalue weighted by molar-refractivity contribution is -0.115. The molecular formula is C14H14N2O.